The van der Waals surface area contributed by atoms with Crippen molar-refractivity contribution >= 4 is 27.3 Å². The molecule has 0 spiro atoms. The number of guanidine groups is 1. The second kappa shape index (κ2) is 10.0. The number of benzene rings is 1. The fraction of sp³-hybridized carbons (Fsp3) is 0.450. The van der Waals surface area contributed by atoms with Crippen molar-refractivity contribution in [3.8, 4) is 0 Å². The molecule has 152 valence electrons. The van der Waals surface area contributed by atoms with E-state index in [2.05, 4.69) is 33.1 Å². The van der Waals surface area contributed by atoms with Crippen molar-refractivity contribution in [2.24, 2.45) is 4.99 Å². The van der Waals surface area contributed by atoms with Crippen LogP contribution in [0.5, 0.6) is 0 Å². The van der Waals surface area contributed by atoms with E-state index in [4.69, 9.17) is 0 Å². The molecular weight excluding hydrogens is 392 g/mol. The molecule has 0 radical (unpaired) electrons. The first kappa shape index (κ1) is 20.8. The highest BCUT2D eigenvalue weighted by atomic mass is 32.2. The van der Waals surface area contributed by atoms with Crippen LogP contribution in [0, 0.1) is 0 Å². The lowest BCUT2D eigenvalue weighted by Gasteiger charge is -2.15. The monoisotopic (exact) mass is 420 g/mol. The van der Waals surface area contributed by atoms with Crippen molar-refractivity contribution < 1.29 is 8.42 Å². The summed E-state index contributed by atoms with van der Waals surface area (Å²) >= 11 is 1.76. The molecule has 0 atom stereocenters. The summed E-state index contributed by atoms with van der Waals surface area (Å²) in [5.74, 6) is 0.771. The number of aliphatic imine (C=N–C) groups is 1. The summed E-state index contributed by atoms with van der Waals surface area (Å²) in [5, 5.41) is 8.68. The van der Waals surface area contributed by atoms with Gasteiger partial charge in [-0.25, -0.2) is 13.4 Å². The number of thiophene rings is 1. The van der Waals surface area contributed by atoms with Gasteiger partial charge in [-0.05, 0) is 55.3 Å². The molecule has 1 fully saturated rings. The van der Waals surface area contributed by atoms with Gasteiger partial charge in [-0.15, -0.1) is 11.3 Å². The third kappa shape index (κ3) is 5.56. The molecule has 1 aliphatic heterocycles. The normalized spacial score (nSPS) is 15.7. The maximum absolute atomic E-state index is 12.6. The number of sulfonamides is 1. The van der Waals surface area contributed by atoms with Crippen molar-refractivity contribution in [1.29, 1.82) is 0 Å². The largest absolute Gasteiger partial charge is 0.357 e. The molecule has 2 heterocycles. The Balaban J connectivity index is 1.57. The summed E-state index contributed by atoms with van der Waals surface area (Å²) in [6, 6.07) is 11.3. The Kier molecular flexibility index (Phi) is 7.47. The van der Waals surface area contributed by atoms with E-state index in [0.29, 0.717) is 24.5 Å². The molecule has 8 heteroatoms. The smallest absolute Gasteiger partial charge is 0.243 e. The Hall–Kier alpha value is -1.90. The quantitative estimate of drug-likeness (QED) is 0.509. The molecule has 0 saturated carbocycles. The molecule has 3 rings (SSSR count). The minimum atomic E-state index is -3.36. The van der Waals surface area contributed by atoms with Crippen LogP contribution in [0.15, 0.2) is 51.7 Å². The van der Waals surface area contributed by atoms with E-state index in [1.807, 2.05) is 19.1 Å². The number of nitrogens with one attached hydrogen (secondary N) is 2. The fourth-order valence-corrected chi connectivity index (χ4v) is 5.34. The number of rotatable bonds is 8. The molecule has 0 bridgehead atoms. The van der Waals surface area contributed by atoms with Crippen LogP contribution in [0.1, 0.15) is 30.2 Å². The molecule has 0 amide bonds. The van der Waals surface area contributed by atoms with E-state index >= 15 is 0 Å². The van der Waals surface area contributed by atoms with E-state index in [1.165, 1.54) is 4.88 Å². The van der Waals surface area contributed by atoms with Crippen LogP contribution in [0.4, 0.5) is 0 Å². The van der Waals surface area contributed by atoms with Gasteiger partial charge >= 0.3 is 0 Å². The van der Waals surface area contributed by atoms with Crippen LogP contribution in [-0.4, -0.2) is 44.9 Å². The average Bonchev–Trinajstić information content (AvgIpc) is 3.41. The summed E-state index contributed by atoms with van der Waals surface area (Å²) in [7, 11) is -3.36. The Bertz CT molecular complexity index is 856. The summed E-state index contributed by atoms with van der Waals surface area (Å²) in [5.41, 5.74) is 0.982. The second-order valence-corrected chi connectivity index (χ2v) is 9.68. The minimum Gasteiger partial charge on any atom is -0.357 e. The predicted molar refractivity (Wildman–Crippen MR) is 115 cm³/mol. The topological polar surface area (TPSA) is 73.8 Å². The number of hydrogen-bond acceptors (Lipinski definition) is 4. The lowest BCUT2D eigenvalue weighted by atomic mass is 10.2. The maximum atomic E-state index is 12.6. The first-order valence-corrected chi connectivity index (χ1v) is 12.0. The van der Waals surface area contributed by atoms with E-state index in [0.717, 1.165) is 43.9 Å². The van der Waals surface area contributed by atoms with Crippen molar-refractivity contribution in [2.45, 2.75) is 37.6 Å². The highest BCUT2D eigenvalue weighted by Crippen LogP contribution is 2.21. The first-order chi connectivity index (χ1) is 13.6. The molecule has 1 saturated heterocycles. The molecule has 0 unspecified atom stereocenters. The lowest BCUT2D eigenvalue weighted by Crippen LogP contribution is -2.38. The van der Waals surface area contributed by atoms with Crippen molar-refractivity contribution in [1.82, 2.24) is 14.9 Å². The summed E-state index contributed by atoms with van der Waals surface area (Å²) in [4.78, 5) is 6.32. The van der Waals surface area contributed by atoms with E-state index in [1.54, 1.807) is 27.8 Å². The third-order valence-electron chi connectivity index (χ3n) is 4.63. The number of nitrogens with zero attached hydrogens (tertiary/aromatic N) is 2. The standard InChI is InChI=1S/C20H28N4O2S2/c1-2-21-20(22-12-11-18-6-5-15-27-18)23-16-17-7-9-19(10-8-17)28(25,26)24-13-3-4-14-24/h5-10,15H,2-4,11-14,16H2,1H3,(H2,21,22,23). The zero-order chi connectivity index (χ0) is 19.8. The van der Waals surface area contributed by atoms with Gasteiger partial charge in [0.05, 0.1) is 11.4 Å². The molecule has 2 N–H and O–H groups in total. The first-order valence-electron chi connectivity index (χ1n) is 9.73. The summed E-state index contributed by atoms with van der Waals surface area (Å²) < 4.78 is 26.8. The molecule has 6 nitrogen and oxygen atoms in total. The van der Waals surface area contributed by atoms with Crippen molar-refractivity contribution in [3.63, 3.8) is 0 Å². The zero-order valence-corrected chi connectivity index (χ0v) is 17.9. The van der Waals surface area contributed by atoms with Crippen LogP contribution in [0.2, 0.25) is 0 Å². The Labute approximate surface area is 171 Å². The molecule has 28 heavy (non-hydrogen) atoms. The molecule has 1 aliphatic rings. The summed E-state index contributed by atoms with van der Waals surface area (Å²) in [6.07, 6.45) is 2.85. The van der Waals surface area contributed by atoms with Gasteiger partial charge in [-0.2, -0.15) is 4.31 Å². The third-order valence-corrected chi connectivity index (χ3v) is 7.48. The number of hydrogen-bond donors (Lipinski definition) is 2. The molecular formula is C20H28N4O2S2. The van der Waals surface area contributed by atoms with E-state index in [9.17, 15) is 8.42 Å². The van der Waals surface area contributed by atoms with Crippen LogP contribution in [0.3, 0.4) is 0 Å². The summed E-state index contributed by atoms with van der Waals surface area (Å²) in [6.45, 7) is 5.39. The Morgan fingerprint density at radius 3 is 2.54 bits per heavy atom. The highest BCUT2D eigenvalue weighted by Gasteiger charge is 2.26. The van der Waals surface area contributed by atoms with Crippen LogP contribution < -0.4 is 10.6 Å². The van der Waals surface area contributed by atoms with Crippen LogP contribution in [-0.2, 0) is 23.0 Å². The van der Waals surface area contributed by atoms with Gasteiger partial charge in [0.25, 0.3) is 0 Å². The lowest BCUT2D eigenvalue weighted by molar-refractivity contribution is 0.477. The van der Waals surface area contributed by atoms with Gasteiger partial charge in [0.1, 0.15) is 0 Å². The molecule has 2 aromatic rings. The van der Waals surface area contributed by atoms with Gasteiger partial charge in [0.15, 0.2) is 5.96 Å². The minimum absolute atomic E-state index is 0.364. The molecule has 1 aromatic carbocycles. The van der Waals surface area contributed by atoms with Crippen molar-refractivity contribution in [2.75, 3.05) is 26.2 Å². The Morgan fingerprint density at radius 1 is 1.14 bits per heavy atom. The van der Waals surface area contributed by atoms with Gasteiger partial charge in [-0.3, -0.25) is 0 Å². The van der Waals surface area contributed by atoms with Crippen molar-refractivity contribution in [3.05, 3.63) is 52.2 Å². The van der Waals surface area contributed by atoms with Crippen LogP contribution >= 0.6 is 11.3 Å². The zero-order valence-electron chi connectivity index (χ0n) is 16.2. The SMILES string of the molecule is CCNC(=NCc1ccc(S(=O)(=O)N2CCCC2)cc1)NCCc1cccs1. The second-order valence-electron chi connectivity index (χ2n) is 6.71. The van der Waals surface area contributed by atoms with Crippen LogP contribution in [0.25, 0.3) is 0 Å². The average molecular weight is 421 g/mol. The van der Waals surface area contributed by atoms with E-state index in [-0.39, 0.29) is 0 Å². The predicted octanol–water partition coefficient (Wildman–Crippen LogP) is 2.83. The molecule has 1 aromatic heterocycles. The highest BCUT2D eigenvalue weighted by molar-refractivity contribution is 7.89. The van der Waals surface area contributed by atoms with Gasteiger partial charge in [-0.1, -0.05) is 18.2 Å². The fourth-order valence-electron chi connectivity index (χ4n) is 3.12. The maximum Gasteiger partial charge on any atom is 0.243 e. The Morgan fingerprint density at radius 2 is 1.89 bits per heavy atom. The molecule has 0 aliphatic carbocycles. The van der Waals surface area contributed by atoms with E-state index < -0.39 is 10.0 Å². The van der Waals surface area contributed by atoms with Gasteiger partial charge in [0.2, 0.25) is 10.0 Å². The van der Waals surface area contributed by atoms with Gasteiger partial charge < -0.3 is 10.6 Å². The van der Waals surface area contributed by atoms with Gasteiger partial charge in [0, 0.05) is 31.1 Å².